The molecule has 622 valence electrons. The average Bonchev–Trinajstić information content (AvgIpc) is 1.32. The zero-order chi connectivity index (χ0) is 88.0. The Bertz CT molecular complexity index is 6300. The van der Waals surface area contributed by atoms with Gasteiger partial charge in [-0.3, -0.25) is 62.4 Å². The van der Waals surface area contributed by atoms with E-state index in [4.69, 9.17) is 9.29 Å². The molecule has 7 aromatic carbocycles. The van der Waals surface area contributed by atoms with Crippen molar-refractivity contribution in [1.82, 2.24) is 39.8 Å². The summed E-state index contributed by atoms with van der Waals surface area (Å²) in [6, 6.07) is 61.8. The van der Waals surface area contributed by atoms with Crippen molar-refractivity contribution in [2.24, 2.45) is 4.99 Å². The first-order valence-corrected chi connectivity index (χ1v) is 41.5. The number of hydrogen-bond acceptors (Lipinski definition) is 22. The molecule has 0 saturated carbocycles. The number of ketones is 5. The van der Waals surface area contributed by atoms with Crippen LogP contribution < -0.4 is 44.9 Å². The van der Waals surface area contributed by atoms with E-state index in [1.807, 2.05) is 152 Å². The van der Waals surface area contributed by atoms with Gasteiger partial charge < -0.3 is 19.9 Å². The third kappa shape index (κ3) is 29.6. The predicted molar refractivity (Wildman–Crippen MR) is 458 cm³/mol. The molecular weight excluding hydrogens is 1630 g/mol. The van der Waals surface area contributed by atoms with Crippen LogP contribution in [-0.2, 0) is 48.1 Å². The van der Waals surface area contributed by atoms with Crippen LogP contribution in [0.5, 0.6) is 5.75 Å². The number of Topliss-reactive ketones (excluding diaryl/α,β-unsaturated/α-hetero) is 5. The standard InChI is InChI=1S/C18H16N4O4S.C15H11NO.2C13H11NO.C11H11NO2.C11H8O4S.C7H10F2N2.C2H6O3S.Na/c1-12-16-17(20-11-19-12)22(18(21-16)27(23,24)25)9-10-26-15-8-4-6-13-5-2-3-7-14(13)15;1-12(17)15-9-14(10-16-11-15)8-7-13-5-3-2-4-6-13;1-10(15)12-7-13(9-14-8-12)11-5-3-2-4-6-11;1-10(15)12-7-8-13(14-9-12)11-5-3-2-4-6-11;1-7(13)12-9-3-4-10-8(6-9)2-5-11(10)14;1-7-6-10(16(13,14)15)8-4-2-3-5-9(8)11(7)12;1-7(8,9)6-2-3-10-4-5-11-6;1-2-6(3,4)5;/h2-8,11H,9-10H2,1H3,(H,23,24,25);2-6,9-11H,1H3;2*2-9H,1H3;3-4,6H,2,5H2,1H3,(H,12,13);2-6H,1H2,(H,13,14,15);2-3,11H,4-5H2,1H3;2H2,1H3,(H,3,4,5);/q;;;;;;;;+1/p-1. The minimum Gasteiger partial charge on any atom is -0.744 e. The van der Waals surface area contributed by atoms with Crippen LogP contribution >= 0.6 is 0 Å². The van der Waals surface area contributed by atoms with Gasteiger partial charge in [-0.25, -0.2) is 32.2 Å². The fraction of sp³-hybridized carbons (Fsp3) is 0.167. The second kappa shape index (κ2) is 45.6. The number of halogens is 2. The number of allylic oxidation sites excluding steroid dienone is 4. The van der Waals surface area contributed by atoms with Gasteiger partial charge in [0.15, 0.2) is 34.6 Å². The third-order valence-corrected chi connectivity index (χ3v) is 19.8. The van der Waals surface area contributed by atoms with Gasteiger partial charge in [0.05, 0.1) is 40.8 Å². The Kier molecular flexibility index (Phi) is 36.0. The molecule has 5 aromatic heterocycles. The number of aliphatic imine (C=N–C) groups is 1. The summed E-state index contributed by atoms with van der Waals surface area (Å²) in [7, 11) is -12.8. The van der Waals surface area contributed by atoms with Crippen LogP contribution in [0.2, 0.25) is 0 Å². The molecule has 15 rings (SSSR count). The summed E-state index contributed by atoms with van der Waals surface area (Å²) < 4.78 is 125. The number of benzene rings is 7. The fourth-order valence-electron chi connectivity index (χ4n) is 11.3. The minimum atomic E-state index is -4.60. The molecule has 4 N–H and O–H groups in total. The Morgan fingerprint density at radius 3 is 1.84 bits per heavy atom. The molecule has 0 atom stereocenters. The molecular formula is C90H83F2N10NaO16S3. The van der Waals surface area contributed by atoms with Gasteiger partial charge in [-0.1, -0.05) is 158 Å². The fourth-order valence-corrected chi connectivity index (χ4v) is 12.7. The molecule has 26 nitrogen and oxygen atoms in total. The van der Waals surface area contributed by atoms with Crippen molar-refractivity contribution < 1.29 is 111 Å². The van der Waals surface area contributed by atoms with Crippen LogP contribution in [0.1, 0.15) is 128 Å². The summed E-state index contributed by atoms with van der Waals surface area (Å²) in [6.07, 6.45) is 14.6. The van der Waals surface area contributed by atoms with Crippen molar-refractivity contribution in [2.45, 2.75) is 78.9 Å². The average molecular weight is 1720 g/mol. The molecule has 0 fully saturated rings. The van der Waals surface area contributed by atoms with Gasteiger partial charge in [0.1, 0.15) is 34.3 Å². The van der Waals surface area contributed by atoms with Crippen molar-refractivity contribution in [3.8, 4) is 40.0 Å². The quantitative estimate of drug-likeness (QED) is 0.0258. The Hall–Kier alpha value is -12.7. The topological polar surface area (TPSA) is 396 Å². The van der Waals surface area contributed by atoms with E-state index in [0.29, 0.717) is 58.8 Å². The largest absolute Gasteiger partial charge is 1.00 e. The van der Waals surface area contributed by atoms with Crippen LogP contribution in [-0.4, -0.2) is 146 Å². The van der Waals surface area contributed by atoms with Gasteiger partial charge in [0.2, 0.25) is 5.91 Å². The first kappa shape index (κ1) is 96.4. The number of rotatable bonds is 14. The number of hydrogen-bond donors (Lipinski definition) is 4. The number of imidazole rings is 1. The molecule has 0 radical (unpaired) electrons. The van der Waals surface area contributed by atoms with Gasteiger partial charge in [-0.15, -0.1) is 0 Å². The van der Waals surface area contributed by atoms with E-state index < -0.39 is 46.3 Å². The normalized spacial score (nSPS) is 12.3. The Morgan fingerprint density at radius 2 is 1.24 bits per heavy atom. The maximum absolute atomic E-state index is 12.6. The number of amides is 1. The molecule has 1 aliphatic heterocycles. The van der Waals surface area contributed by atoms with Gasteiger partial charge in [0, 0.05) is 136 Å². The number of aromatic nitrogens is 7. The molecule has 0 saturated heterocycles. The summed E-state index contributed by atoms with van der Waals surface area (Å²) in [5.41, 5.74) is 11.7. The van der Waals surface area contributed by atoms with E-state index in [9.17, 15) is 71.9 Å². The van der Waals surface area contributed by atoms with E-state index >= 15 is 0 Å². The van der Waals surface area contributed by atoms with Crippen molar-refractivity contribution in [3.05, 3.63) is 323 Å². The zero-order valence-corrected chi connectivity index (χ0v) is 72.0. The monoisotopic (exact) mass is 1720 g/mol. The summed E-state index contributed by atoms with van der Waals surface area (Å²) in [5, 5.41) is 6.85. The Morgan fingerprint density at radius 1 is 0.648 bits per heavy atom. The smallest absolute Gasteiger partial charge is 0.744 e. The van der Waals surface area contributed by atoms with E-state index in [-0.39, 0.29) is 106 Å². The molecule has 2 aliphatic carbocycles. The molecule has 0 bridgehead atoms. The third-order valence-electron chi connectivity index (χ3n) is 17.4. The number of carbonyl (C=O) groups is 6. The molecule has 3 aliphatic rings. The van der Waals surface area contributed by atoms with E-state index in [0.717, 1.165) is 80.5 Å². The number of ether oxygens (including phenoxy) is 1. The number of anilines is 1. The number of nitrogens with zero attached hydrogens (tertiary/aromatic N) is 8. The Labute approximate surface area is 727 Å². The molecule has 12 aromatic rings. The summed E-state index contributed by atoms with van der Waals surface area (Å²) in [4.78, 5) is 95.1. The van der Waals surface area contributed by atoms with Crippen LogP contribution in [0.25, 0.3) is 49.2 Å². The summed E-state index contributed by atoms with van der Waals surface area (Å²) in [6.45, 7) is 14.8. The van der Waals surface area contributed by atoms with E-state index in [1.54, 1.807) is 88.2 Å². The molecule has 0 unspecified atom stereocenters. The second-order valence-electron chi connectivity index (χ2n) is 26.5. The first-order valence-electron chi connectivity index (χ1n) is 37.0. The van der Waals surface area contributed by atoms with Crippen molar-refractivity contribution in [1.29, 1.82) is 0 Å². The number of fused-ring (bicyclic) bond motifs is 4. The molecule has 32 heteroatoms. The Balaban J connectivity index is 0.000000196. The SMILES string of the molecule is C=C1C=C(S(=O)(=O)[O-])c2ccccc2C1=O.CC(=O)Nc1ccc2c(c1)CCC2=O.CC(=O)c1ccc(-c2ccccc2)nc1.CC(=O)c1cncc(-c2ccccc2)c1.CC(=O)c1cncc(C#Cc2ccccc2)c1.CC(F)(F)C1=CC=NCCN1.CCS(=O)(=O)O.Cc1ncnc2c1nc(S(=O)(=O)O)n2CCOc1cccc2ccccc12.[Na+]. The minimum absolute atomic E-state index is 0. The second-order valence-corrected chi connectivity index (χ2v) is 30.9. The van der Waals surface area contributed by atoms with Crippen molar-refractivity contribution >= 4 is 104 Å². The van der Waals surface area contributed by atoms with Gasteiger partial charge >= 0.3 is 39.7 Å². The van der Waals surface area contributed by atoms with Crippen LogP contribution in [0.3, 0.4) is 0 Å². The van der Waals surface area contributed by atoms with Gasteiger partial charge in [-0.2, -0.15) is 16.8 Å². The molecule has 122 heavy (non-hydrogen) atoms. The molecule has 6 heterocycles. The zero-order valence-electron chi connectivity index (χ0n) is 67.6. The number of aryl methyl sites for hydroxylation is 2. The van der Waals surface area contributed by atoms with Gasteiger partial charge in [-0.05, 0) is 130 Å². The van der Waals surface area contributed by atoms with Crippen molar-refractivity contribution in [2.75, 3.05) is 30.8 Å². The number of alkyl halides is 2. The maximum Gasteiger partial charge on any atom is 1.00 e. The number of carbonyl (C=O) groups excluding carboxylic acids is 6. The summed E-state index contributed by atoms with van der Waals surface area (Å²) >= 11 is 0. The predicted octanol–water partition coefficient (Wildman–Crippen LogP) is 12.4. The molecule has 1 amide bonds. The van der Waals surface area contributed by atoms with E-state index in [2.05, 4.69) is 63.9 Å². The molecule has 0 spiro atoms. The number of nitrogens with one attached hydrogen (secondary N) is 2. The van der Waals surface area contributed by atoms with Crippen LogP contribution in [0.4, 0.5) is 14.5 Å². The van der Waals surface area contributed by atoms with Gasteiger partial charge in [0.25, 0.3) is 21.2 Å². The maximum atomic E-state index is 12.6. The van der Waals surface area contributed by atoms with Crippen molar-refractivity contribution in [3.63, 3.8) is 0 Å². The van der Waals surface area contributed by atoms with Crippen LogP contribution in [0.15, 0.2) is 278 Å². The van der Waals surface area contributed by atoms with E-state index in [1.165, 1.54) is 56.1 Å². The first-order chi connectivity index (χ1) is 57.5. The van der Waals surface area contributed by atoms with Crippen LogP contribution in [0, 0.1) is 18.8 Å². The number of pyridine rings is 3. The summed E-state index contributed by atoms with van der Waals surface area (Å²) in [5.74, 6) is 3.57.